The Morgan fingerprint density at radius 2 is 2.06 bits per heavy atom. The number of hydroxylamine groups is 2. The van der Waals surface area contributed by atoms with Crippen molar-refractivity contribution in [2.24, 2.45) is 5.92 Å². The zero-order valence-corrected chi connectivity index (χ0v) is 10.0. The van der Waals surface area contributed by atoms with Crippen molar-refractivity contribution in [2.45, 2.75) is 12.6 Å². The Kier molecular flexibility index (Phi) is 2.93. The molecule has 0 radical (unpaired) electrons. The molecule has 2 fully saturated rings. The summed E-state index contributed by atoms with van der Waals surface area (Å²) in [5.41, 5.74) is 1.22. The van der Waals surface area contributed by atoms with Crippen molar-refractivity contribution in [2.75, 3.05) is 19.6 Å². The largest absolute Gasteiger partial charge is 0.465 e. The number of carboxylic acid groups (broad SMARTS) is 1. The minimum Gasteiger partial charge on any atom is -0.465 e. The predicted molar refractivity (Wildman–Crippen MR) is 64.8 cm³/mol. The van der Waals surface area contributed by atoms with Crippen LogP contribution in [0.15, 0.2) is 30.3 Å². The van der Waals surface area contributed by atoms with Gasteiger partial charge >= 0.3 is 6.09 Å². The van der Waals surface area contributed by atoms with Gasteiger partial charge in [0.25, 0.3) is 0 Å². The summed E-state index contributed by atoms with van der Waals surface area (Å²) >= 11 is 0. The second-order valence-corrected chi connectivity index (χ2v) is 4.90. The van der Waals surface area contributed by atoms with E-state index in [1.54, 1.807) is 0 Å². The highest BCUT2D eigenvalue weighted by molar-refractivity contribution is 5.65. The highest BCUT2D eigenvalue weighted by Gasteiger charge is 2.43. The summed E-state index contributed by atoms with van der Waals surface area (Å²) in [6.07, 6.45) is -0.813. The number of amides is 1. The Labute approximate surface area is 106 Å². The van der Waals surface area contributed by atoms with E-state index in [4.69, 9.17) is 9.94 Å². The van der Waals surface area contributed by atoms with Gasteiger partial charge in [-0.05, 0) is 5.56 Å². The molecule has 2 atom stereocenters. The van der Waals surface area contributed by atoms with Gasteiger partial charge in [0.2, 0.25) is 0 Å². The lowest BCUT2D eigenvalue weighted by Gasteiger charge is -2.19. The number of likely N-dealkylation sites (tertiary alicyclic amines) is 1. The number of hydrogen-bond donors (Lipinski definition) is 1. The lowest BCUT2D eigenvalue weighted by Crippen LogP contribution is -2.31. The van der Waals surface area contributed by atoms with Crippen LogP contribution in [0.1, 0.15) is 5.56 Å². The van der Waals surface area contributed by atoms with Gasteiger partial charge in [-0.1, -0.05) is 30.3 Å². The molecule has 1 aromatic rings. The van der Waals surface area contributed by atoms with Gasteiger partial charge in [-0.25, -0.2) is 4.79 Å². The van der Waals surface area contributed by atoms with E-state index in [9.17, 15) is 4.79 Å². The molecule has 3 rings (SSSR count). The fourth-order valence-corrected chi connectivity index (χ4v) is 2.68. The maximum absolute atomic E-state index is 10.9. The Bertz CT molecular complexity index is 423. The molecule has 2 aliphatic rings. The van der Waals surface area contributed by atoms with Gasteiger partial charge in [-0.3, -0.25) is 4.84 Å². The monoisotopic (exact) mass is 248 g/mol. The van der Waals surface area contributed by atoms with Crippen LogP contribution in [0.4, 0.5) is 4.79 Å². The first-order valence-corrected chi connectivity index (χ1v) is 6.16. The van der Waals surface area contributed by atoms with Crippen LogP contribution >= 0.6 is 0 Å². The molecule has 5 heteroatoms. The number of nitrogens with zero attached hydrogens (tertiary/aromatic N) is 2. The standard InChI is InChI=1S/C13H16N2O3/c16-13(17)14-7-11-8-15(18-12(11)9-14)6-10-4-2-1-3-5-10/h1-5,11-12H,6-9H2,(H,16,17)/t11-,12-/m1/s1. The first-order valence-electron chi connectivity index (χ1n) is 6.16. The number of fused-ring (bicyclic) bond motifs is 1. The molecule has 0 spiro atoms. The molecule has 0 bridgehead atoms. The third-order valence-corrected chi connectivity index (χ3v) is 3.58. The Morgan fingerprint density at radius 3 is 2.72 bits per heavy atom. The third kappa shape index (κ3) is 2.19. The zero-order chi connectivity index (χ0) is 12.5. The van der Waals surface area contributed by atoms with Gasteiger partial charge in [0.15, 0.2) is 0 Å². The highest BCUT2D eigenvalue weighted by atomic mass is 16.7. The van der Waals surface area contributed by atoms with Gasteiger partial charge in [0.05, 0.1) is 6.54 Å². The molecule has 96 valence electrons. The van der Waals surface area contributed by atoms with Gasteiger partial charge in [-0.2, -0.15) is 5.06 Å². The topological polar surface area (TPSA) is 53.0 Å². The van der Waals surface area contributed by atoms with Crippen LogP contribution in [0.25, 0.3) is 0 Å². The molecule has 2 saturated heterocycles. The average Bonchev–Trinajstić information content (AvgIpc) is 2.88. The zero-order valence-electron chi connectivity index (χ0n) is 10.0. The van der Waals surface area contributed by atoms with Gasteiger partial charge in [0.1, 0.15) is 6.10 Å². The molecule has 1 aromatic carbocycles. The van der Waals surface area contributed by atoms with Crippen molar-refractivity contribution in [1.29, 1.82) is 0 Å². The molecule has 0 aliphatic carbocycles. The maximum atomic E-state index is 10.9. The second-order valence-electron chi connectivity index (χ2n) is 4.90. The minimum atomic E-state index is -0.845. The summed E-state index contributed by atoms with van der Waals surface area (Å²) in [5, 5.41) is 10.9. The van der Waals surface area contributed by atoms with Gasteiger partial charge < -0.3 is 10.0 Å². The fraction of sp³-hybridized carbons (Fsp3) is 0.462. The van der Waals surface area contributed by atoms with Crippen molar-refractivity contribution >= 4 is 6.09 Å². The quantitative estimate of drug-likeness (QED) is 0.859. The molecular weight excluding hydrogens is 232 g/mol. The summed E-state index contributed by atoms with van der Waals surface area (Å²) in [6, 6.07) is 10.2. The molecule has 18 heavy (non-hydrogen) atoms. The third-order valence-electron chi connectivity index (χ3n) is 3.58. The van der Waals surface area contributed by atoms with Crippen molar-refractivity contribution < 1.29 is 14.7 Å². The summed E-state index contributed by atoms with van der Waals surface area (Å²) in [7, 11) is 0. The van der Waals surface area contributed by atoms with E-state index in [0.717, 1.165) is 13.1 Å². The average molecular weight is 248 g/mol. The second kappa shape index (κ2) is 4.59. The number of hydrogen-bond acceptors (Lipinski definition) is 3. The molecule has 1 amide bonds. The first kappa shape index (κ1) is 11.5. The Hall–Kier alpha value is -1.59. The van der Waals surface area contributed by atoms with E-state index < -0.39 is 6.09 Å². The SMILES string of the molecule is O=C(O)N1C[C@@H]2CN(Cc3ccccc3)O[C@@H]2C1. The molecule has 5 nitrogen and oxygen atoms in total. The van der Waals surface area contributed by atoms with E-state index in [-0.39, 0.29) is 6.10 Å². The molecule has 2 heterocycles. The summed E-state index contributed by atoms with van der Waals surface area (Å²) in [5.74, 6) is 0.310. The van der Waals surface area contributed by atoms with E-state index >= 15 is 0 Å². The predicted octanol–water partition coefficient (Wildman–Crippen LogP) is 1.41. The van der Waals surface area contributed by atoms with E-state index in [1.165, 1.54) is 10.5 Å². The van der Waals surface area contributed by atoms with Crippen molar-refractivity contribution in [3.8, 4) is 0 Å². The fourth-order valence-electron chi connectivity index (χ4n) is 2.68. The summed E-state index contributed by atoms with van der Waals surface area (Å²) < 4.78 is 0. The smallest absolute Gasteiger partial charge is 0.407 e. The summed E-state index contributed by atoms with van der Waals surface area (Å²) in [4.78, 5) is 18.1. The lowest BCUT2D eigenvalue weighted by molar-refractivity contribution is -0.152. The Balaban J connectivity index is 1.57. The molecule has 1 N–H and O–H groups in total. The van der Waals surface area contributed by atoms with Gasteiger partial charge in [-0.15, -0.1) is 0 Å². The summed E-state index contributed by atoms with van der Waals surface area (Å²) in [6.45, 7) is 2.65. The normalized spacial score (nSPS) is 27.4. The number of rotatable bonds is 2. The highest BCUT2D eigenvalue weighted by Crippen LogP contribution is 2.29. The van der Waals surface area contributed by atoms with Crippen LogP contribution in [0.5, 0.6) is 0 Å². The number of benzene rings is 1. The van der Waals surface area contributed by atoms with E-state index in [1.807, 2.05) is 23.3 Å². The Morgan fingerprint density at radius 1 is 1.28 bits per heavy atom. The van der Waals surface area contributed by atoms with E-state index in [0.29, 0.717) is 19.0 Å². The first-order chi connectivity index (χ1) is 8.72. The molecule has 0 unspecified atom stereocenters. The maximum Gasteiger partial charge on any atom is 0.407 e. The van der Waals surface area contributed by atoms with Gasteiger partial charge in [0, 0.05) is 25.6 Å². The van der Waals surface area contributed by atoms with Crippen LogP contribution in [-0.2, 0) is 11.4 Å². The van der Waals surface area contributed by atoms with Crippen LogP contribution in [0.2, 0.25) is 0 Å². The van der Waals surface area contributed by atoms with Crippen molar-refractivity contribution in [1.82, 2.24) is 9.96 Å². The number of carbonyl (C=O) groups is 1. The molecule has 0 aromatic heterocycles. The van der Waals surface area contributed by atoms with Crippen LogP contribution in [0.3, 0.4) is 0 Å². The molecule has 0 saturated carbocycles. The minimum absolute atomic E-state index is 0.0322. The molecule has 2 aliphatic heterocycles. The molecular formula is C13H16N2O3. The van der Waals surface area contributed by atoms with E-state index in [2.05, 4.69) is 12.1 Å². The van der Waals surface area contributed by atoms with Crippen molar-refractivity contribution in [3.05, 3.63) is 35.9 Å². The lowest BCUT2D eigenvalue weighted by atomic mass is 10.1. The van der Waals surface area contributed by atoms with Crippen LogP contribution in [-0.4, -0.2) is 46.9 Å². The van der Waals surface area contributed by atoms with Crippen LogP contribution in [0, 0.1) is 5.92 Å². The van der Waals surface area contributed by atoms with Crippen molar-refractivity contribution in [3.63, 3.8) is 0 Å². The van der Waals surface area contributed by atoms with Crippen LogP contribution < -0.4 is 0 Å².